The quantitative estimate of drug-likeness (QED) is 0.462. The molecule has 1 aromatic carbocycles. The molecule has 3 heterocycles. The van der Waals surface area contributed by atoms with Crippen LogP contribution in [0.5, 0.6) is 11.8 Å². The summed E-state index contributed by atoms with van der Waals surface area (Å²) in [6, 6.07) is 3.92. The van der Waals surface area contributed by atoms with Crippen LogP contribution in [0.4, 0.5) is 15.9 Å². The molecule has 1 saturated carbocycles. The summed E-state index contributed by atoms with van der Waals surface area (Å²) in [5.74, 6) is 2.43. The SMILES string of the molecule is CNc1cc(F)cc2c1Cc1nc(Oc3cnc(C(C)C)nc3)nc(N3CC4CC3C[C@@H]4N)c1-2. The van der Waals surface area contributed by atoms with Crippen molar-refractivity contribution in [1.29, 1.82) is 0 Å². The van der Waals surface area contributed by atoms with E-state index in [1.165, 1.54) is 6.07 Å². The third kappa shape index (κ3) is 3.37. The molecule has 6 rings (SSSR count). The number of anilines is 2. The van der Waals surface area contributed by atoms with E-state index >= 15 is 0 Å². The molecule has 2 bridgehead atoms. The molecule has 34 heavy (non-hydrogen) atoms. The zero-order valence-electron chi connectivity index (χ0n) is 19.5. The van der Waals surface area contributed by atoms with Crippen LogP contribution < -0.4 is 20.7 Å². The minimum absolute atomic E-state index is 0.226. The first-order valence-electron chi connectivity index (χ1n) is 11.8. The zero-order valence-corrected chi connectivity index (χ0v) is 19.5. The Hall–Kier alpha value is -3.33. The number of rotatable bonds is 5. The highest BCUT2D eigenvalue weighted by molar-refractivity contribution is 5.88. The Balaban J connectivity index is 1.44. The van der Waals surface area contributed by atoms with Gasteiger partial charge >= 0.3 is 6.01 Å². The molecule has 176 valence electrons. The fourth-order valence-corrected chi connectivity index (χ4v) is 5.61. The van der Waals surface area contributed by atoms with Crippen LogP contribution in [0.3, 0.4) is 0 Å². The second kappa shape index (κ2) is 7.87. The minimum atomic E-state index is -0.283. The lowest BCUT2D eigenvalue weighted by atomic mass is 10.0. The molecule has 2 fully saturated rings. The lowest BCUT2D eigenvalue weighted by Gasteiger charge is -2.32. The van der Waals surface area contributed by atoms with Crippen LogP contribution in [0.25, 0.3) is 11.1 Å². The van der Waals surface area contributed by atoms with Gasteiger partial charge in [0, 0.05) is 49.3 Å². The number of hydrogen-bond acceptors (Lipinski definition) is 8. The van der Waals surface area contributed by atoms with Crippen molar-refractivity contribution in [3.63, 3.8) is 0 Å². The number of benzene rings is 1. The first kappa shape index (κ1) is 21.2. The number of aromatic nitrogens is 4. The molecule has 0 amide bonds. The molecule has 2 aliphatic carbocycles. The van der Waals surface area contributed by atoms with Crippen molar-refractivity contribution < 1.29 is 9.13 Å². The van der Waals surface area contributed by atoms with Crippen molar-refractivity contribution in [3.8, 4) is 22.9 Å². The summed E-state index contributed by atoms with van der Waals surface area (Å²) in [4.78, 5) is 20.7. The average Bonchev–Trinajstić information content (AvgIpc) is 3.50. The molecule has 0 radical (unpaired) electrons. The minimum Gasteiger partial charge on any atom is -0.421 e. The van der Waals surface area contributed by atoms with Gasteiger partial charge in [-0.15, -0.1) is 0 Å². The van der Waals surface area contributed by atoms with Crippen molar-refractivity contribution in [1.82, 2.24) is 19.9 Å². The van der Waals surface area contributed by atoms with Gasteiger partial charge in [-0.1, -0.05) is 13.8 Å². The number of ether oxygens (including phenoxy) is 1. The maximum atomic E-state index is 14.5. The highest BCUT2D eigenvalue weighted by Crippen LogP contribution is 2.49. The number of nitrogens with two attached hydrogens (primary N) is 1. The van der Waals surface area contributed by atoms with Crippen molar-refractivity contribution in [2.45, 2.75) is 51.1 Å². The smallest absolute Gasteiger partial charge is 0.324 e. The number of fused-ring (bicyclic) bond motifs is 5. The van der Waals surface area contributed by atoms with E-state index in [-0.39, 0.29) is 23.8 Å². The van der Waals surface area contributed by atoms with Crippen molar-refractivity contribution in [3.05, 3.63) is 47.4 Å². The molecular weight excluding hydrogens is 433 g/mol. The fourth-order valence-electron chi connectivity index (χ4n) is 5.61. The molecule has 3 N–H and O–H groups in total. The number of piperidine rings is 1. The molecular formula is C25H28FN7O. The van der Waals surface area contributed by atoms with Crippen molar-refractivity contribution in [2.75, 3.05) is 23.8 Å². The van der Waals surface area contributed by atoms with E-state index in [4.69, 9.17) is 20.4 Å². The number of hydrogen-bond donors (Lipinski definition) is 2. The summed E-state index contributed by atoms with van der Waals surface area (Å²) in [7, 11) is 1.81. The highest BCUT2D eigenvalue weighted by Gasteiger charge is 2.45. The van der Waals surface area contributed by atoms with Gasteiger partial charge in [-0.3, -0.25) is 0 Å². The third-order valence-electron chi connectivity index (χ3n) is 7.28. The van der Waals surface area contributed by atoms with E-state index in [9.17, 15) is 4.39 Å². The average molecular weight is 462 g/mol. The van der Waals surface area contributed by atoms with Gasteiger partial charge in [0.2, 0.25) is 0 Å². The summed E-state index contributed by atoms with van der Waals surface area (Å²) in [6.07, 6.45) is 5.87. The Morgan fingerprint density at radius 1 is 1.18 bits per heavy atom. The summed E-state index contributed by atoms with van der Waals surface area (Å²) < 4.78 is 20.6. The van der Waals surface area contributed by atoms with Gasteiger partial charge in [0.25, 0.3) is 0 Å². The van der Waals surface area contributed by atoms with Crippen LogP contribution in [-0.2, 0) is 6.42 Å². The van der Waals surface area contributed by atoms with Crippen molar-refractivity contribution >= 4 is 11.5 Å². The lowest BCUT2D eigenvalue weighted by molar-refractivity contribution is 0.431. The molecule has 3 atom stereocenters. The Labute approximate surface area is 197 Å². The van der Waals surface area contributed by atoms with Gasteiger partial charge in [-0.25, -0.2) is 14.4 Å². The third-order valence-corrected chi connectivity index (χ3v) is 7.28. The topological polar surface area (TPSA) is 102 Å². The van der Waals surface area contributed by atoms with Crippen LogP contribution >= 0.6 is 0 Å². The van der Waals surface area contributed by atoms with Crippen LogP contribution in [0.1, 0.15) is 49.7 Å². The molecule has 3 aromatic rings. The summed E-state index contributed by atoms with van der Waals surface area (Å²) in [5, 5.41) is 3.13. The maximum absolute atomic E-state index is 14.5. The molecule has 1 saturated heterocycles. The van der Waals surface area contributed by atoms with E-state index in [1.54, 1.807) is 25.5 Å². The fraction of sp³-hybridized carbons (Fsp3) is 0.440. The van der Waals surface area contributed by atoms with E-state index in [1.807, 2.05) is 13.8 Å². The van der Waals surface area contributed by atoms with Crippen LogP contribution in [0.2, 0.25) is 0 Å². The second-order valence-electron chi connectivity index (χ2n) is 9.79. The highest BCUT2D eigenvalue weighted by atomic mass is 19.1. The van der Waals surface area contributed by atoms with E-state index in [2.05, 4.69) is 20.2 Å². The molecule has 0 spiro atoms. The Bertz CT molecular complexity index is 1260. The number of nitrogens with zero attached hydrogens (tertiary/aromatic N) is 5. The first-order chi connectivity index (χ1) is 16.4. The largest absolute Gasteiger partial charge is 0.421 e. The predicted molar refractivity (Wildman–Crippen MR) is 128 cm³/mol. The Morgan fingerprint density at radius 3 is 2.62 bits per heavy atom. The Kier molecular flexibility index (Phi) is 4.91. The van der Waals surface area contributed by atoms with Gasteiger partial charge in [0.15, 0.2) is 5.75 Å². The molecule has 9 heteroatoms. The standard InChI is InChI=1S/C25H28FN7O/c1-12(2)23-29-9-16(10-30-23)34-25-31-21-8-17-18(5-14(26)6-20(17)28-3)22(21)24(32-25)33-11-13-4-15(33)7-19(13)27/h5-6,9-10,12-13,15,19,28H,4,7-8,11,27H2,1-3H3/t13?,15?,19-/m0/s1. The first-order valence-corrected chi connectivity index (χ1v) is 11.8. The van der Waals surface area contributed by atoms with Gasteiger partial charge in [-0.2, -0.15) is 9.97 Å². The molecule has 2 unspecified atom stereocenters. The molecule has 2 aromatic heterocycles. The normalized spacial score (nSPS) is 22.3. The van der Waals surface area contributed by atoms with Crippen LogP contribution in [0, 0.1) is 11.7 Å². The number of halogens is 1. The Morgan fingerprint density at radius 2 is 1.97 bits per heavy atom. The predicted octanol–water partition coefficient (Wildman–Crippen LogP) is 3.86. The zero-order chi connectivity index (χ0) is 23.6. The van der Waals surface area contributed by atoms with Gasteiger partial charge in [-0.05, 0) is 42.0 Å². The van der Waals surface area contributed by atoms with E-state index in [0.717, 1.165) is 59.1 Å². The number of nitrogens with one attached hydrogen (secondary N) is 1. The second-order valence-corrected chi connectivity index (χ2v) is 9.79. The summed E-state index contributed by atoms with van der Waals surface area (Å²) in [5.41, 5.74) is 10.7. The molecule has 8 nitrogen and oxygen atoms in total. The molecule has 1 aliphatic heterocycles. The van der Waals surface area contributed by atoms with Gasteiger partial charge in [0.05, 0.1) is 18.1 Å². The molecule has 3 aliphatic rings. The van der Waals surface area contributed by atoms with Crippen molar-refractivity contribution in [2.24, 2.45) is 11.7 Å². The van der Waals surface area contributed by atoms with Crippen LogP contribution in [-0.4, -0.2) is 45.6 Å². The monoisotopic (exact) mass is 461 g/mol. The van der Waals surface area contributed by atoms with Gasteiger partial charge < -0.3 is 20.7 Å². The van der Waals surface area contributed by atoms with Crippen LogP contribution in [0.15, 0.2) is 24.5 Å². The van der Waals surface area contributed by atoms with Gasteiger partial charge in [0.1, 0.15) is 17.5 Å². The summed E-state index contributed by atoms with van der Waals surface area (Å²) >= 11 is 0. The van der Waals surface area contributed by atoms with E-state index in [0.29, 0.717) is 24.1 Å². The maximum Gasteiger partial charge on any atom is 0.324 e. The summed E-state index contributed by atoms with van der Waals surface area (Å²) in [6.45, 7) is 4.92. The lowest BCUT2D eigenvalue weighted by Crippen LogP contribution is -2.41. The van der Waals surface area contributed by atoms with E-state index < -0.39 is 0 Å².